The number of carbonyl (C=O) groups is 1. The average Bonchev–Trinajstić information content (AvgIpc) is 3.71. The molecule has 0 aromatic heterocycles. The van der Waals surface area contributed by atoms with Crippen LogP contribution in [0.5, 0.6) is 0 Å². The predicted molar refractivity (Wildman–Crippen MR) is 149 cm³/mol. The SMILES string of the molecule is CCC1CCC(C2=CCC(NC3N=CC(C4CC4)C(/N=C/CCCCC(=O)C4CCC4)N3)CC2)CC1. The topological polar surface area (TPSA) is 65.8 Å². The van der Waals surface area contributed by atoms with E-state index in [4.69, 9.17) is 9.98 Å². The van der Waals surface area contributed by atoms with E-state index in [9.17, 15) is 4.79 Å². The maximum absolute atomic E-state index is 12.1. The summed E-state index contributed by atoms with van der Waals surface area (Å²) in [6.45, 7) is 2.35. The van der Waals surface area contributed by atoms with Gasteiger partial charge in [-0.1, -0.05) is 31.4 Å². The molecule has 0 spiro atoms. The van der Waals surface area contributed by atoms with Crippen molar-refractivity contribution in [2.75, 3.05) is 0 Å². The van der Waals surface area contributed by atoms with E-state index in [0.29, 0.717) is 23.7 Å². The van der Waals surface area contributed by atoms with E-state index in [1.165, 1.54) is 64.2 Å². The minimum absolute atomic E-state index is 0.0257. The summed E-state index contributed by atoms with van der Waals surface area (Å²) in [6, 6.07) is 0.505. The summed E-state index contributed by atoms with van der Waals surface area (Å²) in [5, 5.41) is 7.50. The van der Waals surface area contributed by atoms with E-state index in [-0.39, 0.29) is 12.5 Å². The lowest BCUT2D eigenvalue weighted by Gasteiger charge is -2.35. The summed E-state index contributed by atoms with van der Waals surface area (Å²) >= 11 is 0. The molecule has 5 heteroatoms. The van der Waals surface area contributed by atoms with Crippen molar-refractivity contribution in [2.24, 2.45) is 39.6 Å². The van der Waals surface area contributed by atoms with Crippen LogP contribution in [-0.2, 0) is 4.79 Å². The van der Waals surface area contributed by atoms with E-state index in [0.717, 1.165) is 62.7 Å². The van der Waals surface area contributed by atoms with Crippen LogP contribution in [0.15, 0.2) is 21.6 Å². The van der Waals surface area contributed by atoms with Gasteiger partial charge in [-0.2, -0.15) is 0 Å². The van der Waals surface area contributed by atoms with Gasteiger partial charge >= 0.3 is 0 Å². The fourth-order valence-corrected chi connectivity index (χ4v) is 6.88. The minimum atomic E-state index is -0.0257. The number of ketones is 1. The number of Topliss-reactive ketones (excluding diaryl/α,β-unsaturated/α-hetero) is 1. The molecule has 1 heterocycles. The second-order valence-electron chi connectivity index (χ2n) is 12.4. The highest BCUT2D eigenvalue weighted by atomic mass is 16.1. The summed E-state index contributed by atoms with van der Waals surface area (Å²) in [5.74, 6) is 3.89. The molecule has 3 fully saturated rings. The molecule has 5 rings (SSSR count). The van der Waals surface area contributed by atoms with Crippen LogP contribution in [0.2, 0.25) is 0 Å². The van der Waals surface area contributed by atoms with Gasteiger partial charge in [-0.05, 0) is 108 Å². The fourth-order valence-electron chi connectivity index (χ4n) is 6.88. The van der Waals surface area contributed by atoms with E-state index in [2.05, 4.69) is 36.1 Å². The Balaban J connectivity index is 1.05. The monoisotopic (exact) mass is 494 g/mol. The number of unbranched alkanes of at least 4 members (excludes halogenated alkanes) is 2. The molecule has 5 aliphatic rings. The summed E-state index contributed by atoms with van der Waals surface area (Å²) < 4.78 is 0. The molecule has 0 amide bonds. The van der Waals surface area contributed by atoms with Crippen LogP contribution in [0.25, 0.3) is 0 Å². The number of nitrogens with one attached hydrogen (secondary N) is 2. The molecular weight excluding hydrogens is 444 g/mol. The molecular formula is C31H50N4O. The van der Waals surface area contributed by atoms with Crippen LogP contribution < -0.4 is 10.6 Å². The normalized spacial score (nSPS) is 35.5. The molecule has 3 saturated carbocycles. The fraction of sp³-hybridized carbons (Fsp3) is 0.839. The molecule has 0 saturated heterocycles. The Morgan fingerprint density at radius 2 is 1.94 bits per heavy atom. The van der Waals surface area contributed by atoms with Gasteiger partial charge in [-0.15, -0.1) is 0 Å². The molecule has 1 aliphatic heterocycles. The van der Waals surface area contributed by atoms with Gasteiger partial charge in [0.2, 0.25) is 0 Å². The van der Waals surface area contributed by atoms with Gasteiger partial charge < -0.3 is 0 Å². The number of hydrogen-bond acceptors (Lipinski definition) is 5. The zero-order valence-electron chi connectivity index (χ0n) is 22.7. The van der Waals surface area contributed by atoms with Crippen molar-refractivity contribution in [3.63, 3.8) is 0 Å². The van der Waals surface area contributed by atoms with Crippen molar-refractivity contribution in [1.29, 1.82) is 0 Å². The Bertz CT molecular complexity index is 803. The number of rotatable bonds is 12. The lowest BCUT2D eigenvalue weighted by molar-refractivity contribution is -0.125. The van der Waals surface area contributed by atoms with Crippen LogP contribution in [0.3, 0.4) is 0 Å². The molecule has 36 heavy (non-hydrogen) atoms. The molecule has 2 N–H and O–H groups in total. The summed E-state index contributed by atoms with van der Waals surface area (Å²) in [7, 11) is 0. The Hall–Kier alpha value is -1.33. The van der Waals surface area contributed by atoms with Crippen LogP contribution >= 0.6 is 0 Å². The molecule has 5 nitrogen and oxygen atoms in total. The summed E-state index contributed by atoms with van der Waals surface area (Å²) in [5.41, 5.74) is 1.74. The highest BCUT2D eigenvalue weighted by molar-refractivity contribution is 5.81. The van der Waals surface area contributed by atoms with Gasteiger partial charge in [0.1, 0.15) is 11.9 Å². The van der Waals surface area contributed by atoms with Crippen LogP contribution in [-0.4, -0.2) is 36.7 Å². The second kappa shape index (κ2) is 13.0. The first-order chi connectivity index (χ1) is 17.7. The molecule has 0 aromatic carbocycles. The number of carbonyl (C=O) groups excluding carboxylic acids is 1. The molecule has 0 bridgehead atoms. The zero-order chi connectivity index (χ0) is 24.7. The van der Waals surface area contributed by atoms with Crippen molar-refractivity contribution in [1.82, 2.24) is 10.6 Å². The van der Waals surface area contributed by atoms with E-state index < -0.39 is 0 Å². The predicted octanol–water partition coefficient (Wildman–Crippen LogP) is 6.58. The number of allylic oxidation sites excluding steroid dienone is 1. The lowest BCUT2D eigenvalue weighted by Crippen LogP contribution is -2.55. The smallest absolute Gasteiger partial charge is 0.154 e. The van der Waals surface area contributed by atoms with Gasteiger partial charge in [0.25, 0.3) is 0 Å². The lowest BCUT2D eigenvalue weighted by atomic mass is 9.75. The molecule has 4 unspecified atom stereocenters. The van der Waals surface area contributed by atoms with Crippen molar-refractivity contribution in [2.45, 2.75) is 135 Å². The Kier molecular flexibility index (Phi) is 9.46. The van der Waals surface area contributed by atoms with Gasteiger partial charge in [0.05, 0.1) is 0 Å². The third kappa shape index (κ3) is 7.16. The average molecular weight is 495 g/mol. The third-order valence-electron chi connectivity index (χ3n) is 9.89. The maximum Gasteiger partial charge on any atom is 0.154 e. The van der Waals surface area contributed by atoms with Gasteiger partial charge in [0, 0.05) is 36.7 Å². The first kappa shape index (κ1) is 26.3. The summed E-state index contributed by atoms with van der Waals surface area (Å²) in [4.78, 5) is 21.9. The molecule has 0 radical (unpaired) electrons. The largest absolute Gasteiger partial charge is 0.299 e. The van der Waals surface area contributed by atoms with Crippen LogP contribution in [0.4, 0.5) is 0 Å². The number of aliphatic imine (C=N–C) groups is 2. The Labute approximate surface area is 219 Å². The first-order valence-corrected chi connectivity index (χ1v) is 15.5. The molecule has 4 atom stereocenters. The Morgan fingerprint density at radius 1 is 1.11 bits per heavy atom. The van der Waals surface area contributed by atoms with Crippen LogP contribution in [0, 0.1) is 29.6 Å². The molecule has 0 aromatic rings. The van der Waals surface area contributed by atoms with E-state index in [1.807, 2.05) is 0 Å². The first-order valence-electron chi connectivity index (χ1n) is 15.5. The molecule has 200 valence electrons. The quantitative estimate of drug-likeness (QED) is 0.183. The Morgan fingerprint density at radius 3 is 2.61 bits per heavy atom. The highest BCUT2D eigenvalue weighted by Gasteiger charge is 2.38. The highest BCUT2D eigenvalue weighted by Crippen LogP contribution is 2.40. The van der Waals surface area contributed by atoms with Crippen molar-refractivity contribution >= 4 is 18.2 Å². The van der Waals surface area contributed by atoms with E-state index >= 15 is 0 Å². The molecule has 4 aliphatic carbocycles. The minimum Gasteiger partial charge on any atom is -0.299 e. The van der Waals surface area contributed by atoms with Crippen molar-refractivity contribution < 1.29 is 4.79 Å². The van der Waals surface area contributed by atoms with E-state index in [1.54, 1.807) is 5.57 Å². The second-order valence-corrected chi connectivity index (χ2v) is 12.4. The standard InChI is InChI=1S/C31H50N4O/c1-2-22-10-12-23(13-11-22)24-16-18-27(19-17-24)34-31-33-21-28(25-14-15-25)30(35-31)32-20-5-3-4-9-29(36)26-7-6-8-26/h16,20-23,25-28,30-31,34-35H,2-15,17-19H2,1H3/b32-20+. The van der Waals surface area contributed by atoms with Crippen molar-refractivity contribution in [3.05, 3.63) is 11.6 Å². The van der Waals surface area contributed by atoms with Crippen molar-refractivity contribution in [3.8, 4) is 0 Å². The van der Waals surface area contributed by atoms with Gasteiger partial charge in [0.15, 0.2) is 6.29 Å². The third-order valence-corrected chi connectivity index (χ3v) is 9.89. The van der Waals surface area contributed by atoms with Gasteiger partial charge in [-0.25, -0.2) is 0 Å². The van der Waals surface area contributed by atoms with Gasteiger partial charge in [-0.3, -0.25) is 25.4 Å². The maximum atomic E-state index is 12.1. The number of nitrogens with zero attached hydrogens (tertiary/aromatic N) is 2. The number of hydrogen-bond donors (Lipinski definition) is 2. The summed E-state index contributed by atoms with van der Waals surface area (Å²) in [6.07, 6.45) is 27.6. The van der Waals surface area contributed by atoms with Crippen LogP contribution in [0.1, 0.15) is 116 Å². The zero-order valence-corrected chi connectivity index (χ0v) is 22.7.